The summed E-state index contributed by atoms with van der Waals surface area (Å²) in [6, 6.07) is 21.2. The Hall–Kier alpha value is -3.67. The SMILES string of the molecule is O=C(NCc1cccc(OCc2ccccc2F)c1)c1cccc2ccnn12. The fourth-order valence-corrected chi connectivity index (χ4v) is 2.92. The highest BCUT2D eigenvalue weighted by atomic mass is 19.1. The fourth-order valence-electron chi connectivity index (χ4n) is 2.92. The highest BCUT2D eigenvalue weighted by Gasteiger charge is 2.10. The number of carbonyl (C=O) groups is 1. The van der Waals surface area contributed by atoms with E-state index in [9.17, 15) is 9.18 Å². The first-order chi connectivity index (χ1) is 13.7. The first-order valence-corrected chi connectivity index (χ1v) is 8.87. The quantitative estimate of drug-likeness (QED) is 0.555. The summed E-state index contributed by atoms with van der Waals surface area (Å²) >= 11 is 0. The second-order valence-electron chi connectivity index (χ2n) is 6.29. The molecule has 0 aliphatic heterocycles. The van der Waals surface area contributed by atoms with Gasteiger partial charge < -0.3 is 10.1 Å². The van der Waals surface area contributed by atoms with E-state index in [2.05, 4.69) is 10.4 Å². The van der Waals surface area contributed by atoms with Gasteiger partial charge in [-0.1, -0.05) is 36.4 Å². The Kier molecular flexibility index (Phi) is 5.01. The minimum atomic E-state index is -0.293. The third-order valence-corrected chi connectivity index (χ3v) is 4.36. The molecule has 0 atom stereocenters. The van der Waals surface area contributed by atoms with Gasteiger partial charge in [-0.15, -0.1) is 0 Å². The molecule has 0 saturated heterocycles. The molecule has 5 nitrogen and oxygen atoms in total. The van der Waals surface area contributed by atoms with Crippen molar-refractivity contribution in [3.63, 3.8) is 0 Å². The molecule has 4 rings (SSSR count). The topological polar surface area (TPSA) is 55.6 Å². The maximum atomic E-state index is 13.7. The van der Waals surface area contributed by atoms with E-state index in [4.69, 9.17) is 4.74 Å². The molecule has 2 aromatic heterocycles. The molecule has 0 aliphatic carbocycles. The molecule has 0 bridgehead atoms. The predicted molar refractivity (Wildman–Crippen MR) is 104 cm³/mol. The third-order valence-electron chi connectivity index (χ3n) is 4.36. The average molecular weight is 375 g/mol. The van der Waals surface area contributed by atoms with Crippen LogP contribution in [-0.2, 0) is 13.2 Å². The van der Waals surface area contributed by atoms with Gasteiger partial charge in [0.25, 0.3) is 5.91 Å². The number of amides is 1. The fraction of sp³-hybridized carbons (Fsp3) is 0.0909. The van der Waals surface area contributed by atoms with E-state index in [1.54, 1.807) is 41.0 Å². The Morgan fingerprint density at radius 2 is 1.89 bits per heavy atom. The maximum absolute atomic E-state index is 13.7. The van der Waals surface area contributed by atoms with Crippen LogP contribution in [0.25, 0.3) is 5.52 Å². The largest absolute Gasteiger partial charge is 0.489 e. The highest BCUT2D eigenvalue weighted by molar-refractivity contribution is 5.93. The van der Waals surface area contributed by atoms with Gasteiger partial charge in [0.05, 0.1) is 11.7 Å². The second kappa shape index (κ2) is 7.92. The minimum absolute atomic E-state index is 0.143. The van der Waals surface area contributed by atoms with Gasteiger partial charge in [-0.25, -0.2) is 8.91 Å². The first-order valence-electron chi connectivity index (χ1n) is 8.87. The summed E-state index contributed by atoms with van der Waals surface area (Å²) in [4.78, 5) is 12.5. The van der Waals surface area contributed by atoms with Crippen molar-refractivity contribution in [3.05, 3.63) is 102 Å². The summed E-state index contributed by atoms with van der Waals surface area (Å²) in [5, 5.41) is 7.07. The number of nitrogens with zero attached hydrogens (tertiary/aromatic N) is 2. The second-order valence-corrected chi connectivity index (χ2v) is 6.29. The van der Waals surface area contributed by atoms with Crippen LogP contribution in [0.5, 0.6) is 5.75 Å². The highest BCUT2D eigenvalue weighted by Crippen LogP contribution is 2.16. The van der Waals surface area contributed by atoms with Crippen LogP contribution in [0.3, 0.4) is 0 Å². The van der Waals surface area contributed by atoms with Crippen LogP contribution in [0.15, 0.2) is 79.0 Å². The van der Waals surface area contributed by atoms with Crippen molar-refractivity contribution in [2.24, 2.45) is 0 Å². The summed E-state index contributed by atoms with van der Waals surface area (Å²) in [7, 11) is 0. The van der Waals surface area contributed by atoms with E-state index in [1.807, 2.05) is 36.4 Å². The standard InChI is InChI=1S/C22H18FN3O2/c23-20-9-2-1-6-17(20)15-28-19-8-3-5-16(13-19)14-24-22(27)21-10-4-7-18-11-12-25-26(18)21/h1-13H,14-15H2,(H,24,27). The summed E-state index contributed by atoms with van der Waals surface area (Å²) in [5.41, 5.74) is 2.70. The van der Waals surface area contributed by atoms with Crippen LogP contribution < -0.4 is 10.1 Å². The zero-order chi connectivity index (χ0) is 19.3. The molecule has 0 unspecified atom stereocenters. The van der Waals surface area contributed by atoms with E-state index < -0.39 is 0 Å². The van der Waals surface area contributed by atoms with Gasteiger partial charge >= 0.3 is 0 Å². The normalized spacial score (nSPS) is 10.8. The number of hydrogen-bond donors (Lipinski definition) is 1. The maximum Gasteiger partial charge on any atom is 0.270 e. The van der Waals surface area contributed by atoms with Crippen LogP contribution >= 0.6 is 0 Å². The Balaban J connectivity index is 1.40. The van der Waals surface area contributed by atoms with Crippen LogP contribution in [0.1, 0.15) is 21.6 Å². The summed E-state index contributed by atoms with van der Waals surface area (Å²) in [5.74, 6) is 0.106. The number of carbonyl (C=O) groups excluding carboxylic acids is 1. The molecule has 0 spiro atoms. The molecular formula is C22H18FN3O2. The lowest BCUT2D eigenvalue weighted by Crippen LogP contribution is -2.25. The van der Waals surface area contributed by atoms with E-state index in [-0.39, 0.29) is 18.3 Å². The molecule has 1 amide bonds. The number of benzene rings is 2. The molecule has 28 heavy (non-hydrogen) atoms. The molecule has 6 heteroatoms. The number of fused-ring (bicyclic) bond motifs is 1. The number of hydrogen-bond acceptors (Lipinski definition) is 3. The van der Waals surface area contributed by atoms with Crippen LogP contribution in [0.4, 0.5) is 4.39 Å². The smallest absolute Gasteiger partial charge is 0.270 e. The Bertz CT molecular complexity index is 1120. The monoisotopic (exact) mass is 375 g/mol. The van der Waals surface area contributed by atoms with Gasteiger partial charge in [0.1, 0.15) is 23.9 Å². The lowest BCUT2D eigenvalue weighted by atomic mass is 10.2. The summed E-state index contributed by atoms with van der Waals surface area (Å²) in [6.45, 7) is 0.483. The predicted octanol–water partition coefficient (Wildman–Crippen LogP) is 3.98. The van der Waals surface area contributed by atoms with Crippen LogP contribution in [0.2, 0.25) is 0 Å². The lowest BCUT2D eigenvalue weighted by Gasteiger charge is -2.10. The van der Waals surface area contributed by atoms with Gasteiger partial charge in [0.2, 0.25) is 0 Å². The molecule has 4 aromatic rings. The molecule has 2 heterocycles. The Labute approximate surface area is 161 Å². The van der Waals surface area contributed by atoms with Crippen LogP contribution in [0, 0.1) is 5.82 Å². The molecule has 1 N–H and O–H groups in total. The number of halogens is 1. The van der Waals surface area contributed by atoms with Gasteiger partial charge in [-0.3, -0.25) is 4.79 Å². The minimum Gasteiger partial charge on any atom is -0.489 e. The number of pyridine rings is 1. The van der Waals surface area contributed by atoms with E-state index >= 15 is 0 Å². The summed E-state index contributed by atoms with van der Waals surface area (Å²) in [6.07, 6.45) is 1.66. The van der Waals surface area contributed by atoms with E-state index in [0.29, 0.717) is 23.6 Å². The van der Waals surface area contributed by atoms with Crippen molar-refractivity contribution in [1.82, 2.24) is 14.9 Å². The molecule has 140 valence electrons. The zero-order valence-electron chi connectivity index (χ0n) is 15.0. The molecule has 0 fully saturated rings. The molecule has 0 saturated carbocycles. The van der Waals surface area contributed by atoms with Crippen molar-refractivity contribution in [2.75, 3.05) is 0 Å². The van der Waals surface area contributed by atoms with Crippen molar-refractivity contribution in [3.8, 4) is 5.75 Å². The van der Waals surface area contributed by atoms with Gasteiger partial charge in [0.15, 0.2) is 0 Å². The molecule has 0 radical (unpaired) electrons. The first kappa shape index (κ1) is 17.7. The summed E-state index contributed by atoms with van der Waals surface area (Å²) < 4.78 is 21.0. The van der Waals surface area contributed by atoms with Crippen LogP contribution in [-0.4, -0.2) is 15.5 Å². The van der Waals surface area contributed by atoms with Crippen molar-refractivity contribution in [2.45, 2.75) is 13.2 Å². The Morgan fingerprint density at radius 3 is 2.79 bits per heavy atom. The number of aromatic nitrogens is 2. The molecular weight excluding hydrogens is 357 g/mol. The third kappa shape index (κ3) is 3.86. The number of nitrogens with one attached hydrogen (secondary N) is 1. The van der Waals surface area contributed by atoms with Gasteiger partial charge in [-0.2, -0.15) is 5.10 Å². The van der Waals surface area contributed by atoms with E-state index in [1.165, 1.54) is 6.07 Å². The van der Waals surface area contributed by atoms with Crippen molar-refractivity contribution in [1.29, 1.82) is 0 Å². The number of ether oxygens (including phenoxy) is 1. The van der Waals surface area contributed by atoms with E-state index in [0.717, 1.165) is 11.1 Å². The molecule has 2 aromatic carbocycles. The Morgan fingerprint density at radius 1 is 1.04 bits per heavy atom. The number of rotatable bonds is 6. The lowest BCUT2D eigenvalue weighted by molar-refractivity contribution is 0.0943. The zero-order valence-corrected chi connectivity index (χ0v) is 15.0. The van der Waals surface area contributed by atoms with Gasteiger partial charge in [-0.05, 0) is 42.0 Å². The van der Waals surface area contributed by atoms with Crippen molar-refractivity contribution < 1.29 is 13.9 Å². The van der Waals surface area contributed by atoms with Crippen molar-refractivity contribution >= 4 is 11.4 Å². The average Bonchev–Trinajstić information content (AvgIpc) is 3.21. The molecule has 0 aliphatic rings. The van der Waals surface area contributed by atoms with Gasteiger partial charge in [0, 0.05) is 12.1 Å².